The number of benzene rings is 1. The van der Waals surface area contributed by atoms with Crippen LogP contribution in [0.25, 0.3) is 0 Å². The van der Waals surface area contributed by atoms with Gasteiger partial charge in [0.05, 0.1) is 11.4 Å². The molecule has 1 aliphatic rings. The van der Waals surface area contributed by atoms with Crippen LogP contribution in [0.5, 0.6) is 0 Å². The van der Waals surface area contributed by atoms with E-state index in [2.05, 4.69) is 72.2 Å². The average molecular weight is 344 g/mol. The number of hydrogen-bond donors (Lipinski definition) is 2. The van der Waals surface area contributed by atoms with Crippen LogP contribution in [0.4, 0.5) is 11.4 Å². The van der Waals surface area contributed by atoms with Crippen LogP contribution in [-0.4, -0.2) is 12.6 Å². The first kappa shape index (κ1) is 13.0. The highest BCUT2D eigenvalue weighted by Crippen LogP contribution is 2.31. The Kier molecular flexibility index (Phi) is 3.85. The van der Waals surface area contributed by atoms with E-state index < -0.39 is 0 Å². The van der Waals surface area contributed by atoms with Crippen LogP contribution in [0.1, 0.15) is 33.6 Å². The number of anilines is 2. The Morgan fingerprint density at radius 3 is 2.76 bits per heavy atom. The molecule has 0 fully saturated rings. The van der Waals surface area contributed by atoms with Crippen molar-refractivity contribution in [3.63, 3.8) is 0 Å². The van der Waals surface area contributed by atoms with Gasteiger partial charge in [-0.3, -0.25) is 0 Å². The number of fused-ring (bicyclic) bond motifs is 1. The number of halogens is 1. The summed E-state index contributed by atoms with van der Waals surface area (Å²) in [5.41, 5.74) is 2.87. The molecule has 0 saturated carbocycles. The fourth-order valence-corrected chi connectivity index (χ4v) is 2.85. The molecule has 2 N–H and O–H groups in total. The lowest BCUT2D eigenvalue weighted by Gasteiger charge is -2.26. The van der Waals surface area contributed by atoms with Crippen LogP contribution in [-0.2, 0) is 0 Å². The van der Waals surface area contributed by atoms with Crippen molar-refractivity contribution in [3.8, 4) is 0 Å². The highest BCUT2D eigenvalue weighted by Gasteiger charge is 2.21. The molecule has 0 radical (unpaired) electrons. The summed E-state index contributed by atoms with van der Waals surface area (Å²) in [6.07, 6.45) is 2.39. The van der Waals surface area contributed by atoms with Gasteiger partial charge in [0.25, 0.3) is 0 Å². The predicted octanol–water partition coefficient (Wildman–Crippen LogP) is 4.32. The van der Waals surface area contributed by atoms with Crippen LogP contribution in [0.2, 0.25) is 0 Å². The molecular formula is C14H21IN2. The standard InChI is InChI=1S/C14H21IN2/c1-14(2,3)9-11-6-7-16-13-8-10(15)4-5-12(13)17-11/h4-5,8,11,16-17H,6-7,9H2,1-3H3. The second-order valence-corrected chi connectivity index (χ2v) is 7.26. The molecule has 94 valence electrons. The SMILES string of the molecule is CC(C)(C)CC1CCNc2cc(I)ccc2N1. The van der Waals surface area contributed by atoms with E-state index in [1.807, 2.05) is 0 Å². The molecular weight excluding hydrogens is 323 g/mol. The van der Waals surface area contributed by atoms with E-state index in [0.29, 0.717) is 11.5 Å². The molecule has 0 spiro atoms. The fourth-order valence-electron chi connectivity index (χ4n) is 2.35. The van der Waals surface area contributed by atoms with Crippen LogP contribution >= 0.6 is 22.6 Å². The van der Waals surface area contributed by atoms with Gasteiger partial charge in [0.2, 0.25) is 0 Å². The van der Waals surface area contributed by atoms with Gasteiger partial charge in [-0.15, -0.1) is 0 Å². The molecule has 1 aromatic rings. The van der Waals surface area contributed by atoms with Gasteiger partial charge in [0.1, 0.15) is 0 Å². The van der Waals surface area contributed by atoms with Gasteiger partial charge in [-0.05, 0) is 59.0 Å². The third-order valence-electron chi connectivity index (χ3n) is 3.01. The monoisotopic (exact) mass is 344 g/mol. The maximum Gasteiger partial charge on any atom is 0.0586 e. The zero-order valence-corrected chi connectivity index (χ0v) is 13.0. The third-order valence-corrected chi connectivity index (χ3v) is 3.68. The quantitative estimate of drug-likeness (QED) is 0.742. The molecule has 0 aliphatic carbocycles. The Labute approximate surface area is 118 Å². The molecule has 1 aromatic carbocycles. The van der Waals surface area contributed by atoms with Crippen molar-refractivity contribution < 1.29 is 0 Å². The van der Waals surface area contributed by atoms with E-state index in [1.165, 1.54) is 27.8 Å². The number of rotatable bonds is 1. The first-order chi connectivity index (χ1) is 7.94. The van der Waals surface area contributed by atoms with Crippen LogP contribution in [0.3, 0.4) is 0 Å². The Bertz CT molecular complexity index is 396. The fraction of sp³-hybridized carbons (Fsp3) is 0.571. The van der Waals surface area contributed by atoms with E-state index >= 15 is 0 Å². The molecule has 1 atom stereocenters. The molecule has 0 amide bonds. The van der Waals surface area contributed by atoms with Crippen LogP contribution < -0.4 is 10.6 Å². The van der Waals surface area contributed by atoms with Crippen LogP contribution in [0, 0.1) is 8.99 Å². The predicted molar refractivity (Wildman–Crippen MR) is 83.7 cm³/mol. The molecule has 2 nitrogen and oxygen atoms in total. The highest BCUT2D eigenvalue weighted by molar-refractivity contribution is 14.1. The summed E-state index contributed by atoms with van der Waals surface area (Å²) in [6.45, 7) is 7.98. The van der Waals surface area contributed by atoms with Crippen molar-refractivity contribution in [1.82, 2.24) is 0 Å². The van der Waals surface area contributed by atoms with Gasteiger partial charge in [-0.2, -0.15) is 0 Å². The summed E-state index contributed by atoms with van der Waals surface area (Å²) in [4.78, 5) is 0. The first-order valence-corrected chi connectivity index (χ1v) is 7.32. The topological polar surface area (TPSA) is 24.1 Å². The molecule has 0 saturated heterocycles. The summed E-state index contributed by atoms with van der Waals surface area (Å²) < 4.78 is 1.28. The van der Waals surface area contributed by atoms with Crippen molar-refractivity contribution >= 4 is 34.0 Å². The van der Waals surface area contributed by atoms with Gasteiger partial charge in [-0.25, -0.2) is 0 Å². The Balaban J connectivity index is 2.14. The first-order valence-electron chi connectivity index (χ1n) is 6.24. The Hall–Kier alpha value is -0.450. The summed E-state index contributed by atoms with van der Waals surface area (Å²) in [7, 11) is 0. The average Bonchev–Trinajstić information content (AvgIpc) is 2.36. The summed E-state index contributed by atoms with van der Waals surface area (Å²) in [6, 6.07) is 7.13. The lowest BCUT2D eigenvalue weighted by atomic mass is 9.87. The second-order valence-electron chi connectivity index (χ2n) is 6.01. The van der Waals surface area contributed by atoms with Crippen molar-refractivity contribution in [1.29, 1.82) is 0 Å². The largest absolute Gasteiger partial charge is 0.383 e. The smallest absolute Gasteiger partial charge is 0.0586 e. The molecule has 1 heterocycles. The maximum atomic E-state index is 3.68. The zero-order chi connectivity index (χ0) is 12.5. The molecule has 2 rings (SSSR count). The lowest BCUT2D eigenvalue weighted by Crippen LogP contribution is -2.25. The van der Waals surface area contributed by atoms with E-state index in [9.17, 15) is 0 Å². The Morgan fingerprint density at radius 1 is 1.29 bits per heavy atom. The van der Waals surface area contributed by atoms with Crippen molar-refractivity contribution in [2.75, 3.05) is 17.2 Å². The minimum Gasteiger partial charge on any atom is -0.383 e. The van der Waals surface area contributed by atoms with Gasteiger partial charge in [0, 0.05) is 16.2 Å². The zero-order valence-electron chi connectivity index (χ0n) is 10.8. The van der Waals surface area contributed by atoms with Gasteiger partial charge >= 0.3 is 0 Å². The van der Waals surface area contributed by atoms with Crippen molar-refractivity contribution in [2.24, 2.45) is 5.41 Å². The van der Waals surface area contributed by atoms with Crippen molar-refractivity contribution in [2.45, 2.75) is 39.7 Å². The minimum atomic E-state index is 0.380. The molecule has 0 bridgehead atoms. The van der Waals surface area contributed by atoms with Crippen molar-refractivity contribution in [3.05, 3.63) is 21.8 Å². The normalized spacial score (nSPS) is 19.9. The van der Waals surface area contributed by atoms with E-state index in [0.717, 1.165) is 6.54 Å². The summed E-state index contributed by atoms with van der Waals surface area (Å²) in [5, 5.41) is 7.19. The van der Waals surface area contributed by atoms with Gasteiger partial charge < -0.3 is 10.6 Å². The summed E-state index contributed by atoms with van der Waals surface area (Å²) in [5.74, 6) is 0. The summed E-state index contributed by atoms with van der Waals surface area (Å²) >= 11 is 2.36. The molecule has 3 heteroatoms. The molecule has 17 heavy (non-hydrogen) atoms. The van der Waals surface area contributed by atoms with Crippen LogP contribution in [0.15, 0.2) is 18.2 Å². The highest BCUT2D eigenvalue weighted by atomic mass is 127. The maximum absolute atomic E-state index is 3.68. The molecule has 1 aliphatic heterocycles. The van der Waals surface area contributed by atoms with E-state index in [4.69, 9.17) is 0 Å². The molecule has 1 unspecified atom stereocenters. The minimum absolute atomic E-state index is 0.380. The van der Waals surface area contributed by atoms with Gasteiger partial charge in [-0.1, -0.05) is 20.8 Å². The van der Waals surface area contributed by atoms with E-state index in [-0.39, 0.29) is 0 Å². The third kappa shape index (κ3) is 3.76. The van der Waals surface area contributed by atoms with Gasteiger partial charge in [0.15, 0.2) is 0 Å². The Morgan fingerprint density at radius 2 is 2.06 bits per heavy atom. The molecule has 0 aromatic heterocycles. The second kappa shape index (κ2) is 5.04. The lowest BCUT2D eigenvalue weighted by molar-refractivity contribution is 0.345. The van der Waals surface area contributed by atoms with E-state index in [1.54, 1.807) is 0 Å². The number of nitrogens with one attached hydrogen (secondary N) is 2. The number of hydrogen-bond acceptors (Lipinski definition) is 2.